The Morgan fingerprint density at radius 3 is 2.78 bits per heavy atom. The minimum Gasteiger partial charge on any atom is -0.484 e. The van der Waals surface area contributed by atoms with Crippen molar-refractivity contribution in [3.8, 4) is 5.75 Å². The lowest BCUT2D eigenvalue weighted by atomic mass is 10.2. The van der Waals surface area contributed by atoms with Crippen molar-refractivity contribution in [2.45, 2.75) is 13.0 Å². The molecule has 0 spiro atoms. The van der Waals surface area contributed by atoms with Gasteiger partial charge in [-0.25, -0.2) is 9.18 Å². The highest BCUT2D eigenvalue weighted by Gasteiger charge is 2.19. The van der Waals surface area contributed by atoms with Crippen LogP contribution in [0.2, 0.25) is 0 Å². The number of aliphatic carboxylic acids is 1. The van der Waals surface area contributed by atoms with Gasteiger partial charge in [-0.05, 0) is 24.6 Å². The molecule has 1 amide bonds. The van der Waals surface area contributed by atoms with E-state index in [1.807, 2.05) is 18.3 Å². The van der Waals surface area contributed by atoms with Crippen molar-refractivity contribution >= 4 is 11.9 Å². The molecule has 1 atom stereocenters. The lowest BCUT2D eigenvalue weighted by Crippen LogP contribution is -2.44. The number of benzene rings is 1. The minimum atomic E-state index is -1.53. The van der Waals surface area contributed by atoms with Gasteiger partial charge in [0.2, 0.25) is 0 Å². The Hall–Kier alpha value is -2.11. The number of amides is 1. The van der Waals surface area contributed by atoms with Crippen LogP contribution in [0.4, 0.5) is 4.39 Å². The highest BCUT2D eigenvalue weighted by molar-refractivity contribution is 5.84. The molecule has 18 heavy (non-hydrogen) atoms. The smallest absolute Gasteiger partial charge is 0.328 e. The topological polar surface area (TPSA) is 75.6 Å². The van der Waals surface area contributed by atoms with Gasteiger partial charge in [0.1, 0.15) is 12.4 Å². The fourth-order valence-electron chi connectivity index (χ4n) is 1.26. The zero-order valence-corrected chi connectivity index (χ0v) is 9.85. The third kappa shape index (κ3) is 4.40. The van der Waals surface area contributed by atoms with E-state index in [1.165, 1.54) is 0 Å². The van der Waals surface area contributed by atoms with Gasteiger partial charge < -0.3 is 15.2 Å². The number of aryl methyl sites for hydroxylation is 1. The predicted octanol–water partition coefficient (Wildman–Crippen LogP) is 0.913. The number of carboxylic acids is 1. The molecule has 1 aromatic carbocycles. The van der Waals surface area contributed by atoms with Crippen LogP contribution in [-0.2, 0) is 9.59 Å². The van der Waals surface area contributed by atoms with Gasteiger partial charge in [-0.15, -0.1) is 0 Å². The first-order chi connectivity index (χ1) is 8.52. The van der Waals surface area contributed by atoms with E-state index in [0.717, 1.165) is 5.56 Å². The summed E-state index contributed by atoms with van der Waals surface area (Å²) in [4.78, 5) is 21.8. The normalized spacial score (nSPS) is 11.7. The van der Waals surface area contributed by atoms with Crippen LogP contribution >= 0.6 is 0 Å². The van der Waals surface area contributed by atoms with Crippen molar-refractivity contribution in [1.82, 2.24) is 5.32 Å². The fourth-order valence-corrected chi connectivity index (χ4v) is 1.26. The van der Waals surface area contributed by atoms with Crippen LogP contribution in [0.1, 0.15) is 5.56 Å². The number of nitrogens with one attached hydrogen (secondary N) is 1. The number of alkyl halides is 1. The van der Waals surface area contributed by atoms with E-state index in [2.05, 4.69) is 0 Å². The number of carboxylic acid groups (broad SMARTS) is 1. The third-order valence-electron chi connectivity index (χ3n) is 2.15. The second kappa shape index (κ2) is 6.58. The first-order valence-electron chi connectivity index (χ1n) is 5.30. The lowest BCUT2D eigenvalue weighted by Gasteiger charge is -2.11. The Morgan fingerprint density at radius 2 is 2.22 bits per heavy atom. The Labute approximate surface area is 104 Å². The van der Waals surface area contributed by atoms with Crippen LogP contribution in [0.15, 0.2) is 24.3 Å². The molecule has 0 radical (unpaired) electrons. The summed E-state index contributed by atoms with van der Waals surface area (Å²) in [6.07, 6.45) is 0. The van der Waals surface area contributed by atoms with E-state index in [4.69, 9.17) is 9.84 Å². The average molecular weight is 255 g/mol. The second-order valence-electron chi connectivity index (χ2n) is 3.72. The highest BCUT2D eigenvalue weighted by Crippen LogP contribution is 2.11. The van der Waals surface area contributed by atoms with E-state index < -0.39 is 24.6 Å². The van der Waals surface area contributed by atoms with Crippen LogP contribution in [0.5, 0.6) is 5.75 Å². The van der Waals surface area contributed by atoms with Gasteiger partial charge in [-0.2, -0.15) is 0 Å². The van der Waals surface area contributed by atoms with E-state index >= 15 is 0 Å². The zero-order chi connectivity index (χ0) is 13.5. The number of halogens is 1. The van der Waals surface area contributed by atoms with Crippen LogP contribution in [0.25, 0.3) is 0 Å². The Morgan fingerprint density at radius 1 is 1.50 bits per heavy atom. The average Bonchev–Trinajstić information content (AvgIpc) is 2.33. The summed E-state index contributed by atoms with van der Waals surface area (Å²) in [5.74, 6) is -1.60. The molecule has 5 nitrogen and oxygen atoms in total. The molecular weight excluding hydrogens is 241 g/mol. The Kier molecular flexibility index (Phi) is 5.10. The molecule has 0 aromatic heterocycles. The minimum absolute atomic E-state index is 0.354. The fraction of sp³-hybridized carbons (Fsp3) is 0.333. The van der Waals surface area contributed by atoms with Gasteiger partial charge >= 0.3 is 5.97 Å². The summed E-state index contributed by atoms with van der Waals surface area (Å²) in [6.45, 7) is 0.356. The molecule has 98 valence electrons. The van der Waals surface area contributed by atoms with E-state index in [1.54, 1.807) is 18.2 Å². The Balaban J connectivity index is 2.44. The first-order valence-corrected chi connectivity index (χ1v) is 5.30. The SMILES string of the molecule is Cc1cccc(OCC(=O)NC(CF)C(=O)O)c1. The molecule has 1 unspecified atom stereocenters. The summed E-state index contributed by atoms with van der Waals surface area (Å²) in [5, 5.41) is 10.6. The van der Waals surface area contributed by atoms with Crippen LogP contribution < -0.4 is 10.1 Å². The van der Waals surface area contributed by atoms with Gasteiger partial charge in [0.15, 0.2) is 12.6 Å². The maximum absolute atomic E-state index is 12.2. The second-order valence-corrected chi connectivity index (χ2v) is 3.72. The largest absolute Gasteiger partial charge is 0.484 e. The molecule has 0 aliphatic rings. The van der Waals surface area contributed by atoms with Crippen molar-refractivity contribution < 1.29 is 23.8 Å². The molecule has 1 aromatic rings. The van der Waals surface area contributed by atoms with Gasteiger partial charge in [0.05, 0.1) is 0 Å². The van der Waals surface area contributed by atoms with Crippen LogP contribution in [0.3, 0.4) is 0 Å². The highest BCUT2D eigenvalue weighted by atomic mass is 19.1. The molecule has 0 saturated carbocycles. The van der Waals surface area contributed by atoms with Crippen molar-refractivity contribution in [2.75, 3.05) is 13.3 Å². The summed E-state index contributed by atoms with van der Waals surface area (Å²) in [5.41, 5.74) is 0.972. The van der Waals surface area contributed by atoms with E-state index in [9.17, 15) is 14.0 Å². The number of hydrogen-bond donors (Lipinski definition) is 2. The van der Waals surface area contributed by atoms with Crippen molar-refractivity contribution in [3.63, 3.8) is 0 Å². The summed E-state index contributed by atoms with van der Waals surface area (Å²) >= 11 is 0. The number of hydrogen-bond acceptors (Lipinski definition) is 3. The maximum Gasteiger partial charge on any atom is 0.328 e. The summed E-state index contributed by atoms with van der Waals surface area (Å²) < 4.78 is 17.4. The van der Waals surface area contributed by atoms with E-state index in [-0.39, 0.29) is 6.61 Å². The quantitative estimate of drug-likeness (QED) is 0.792. The van der Waals surface area contributed by atoms with Crippen molar-refractivity contribution in [3.05, 3.63) is 29.8 Å². The zero-order valence-electron chi connectivity index (χ0n) is 9.85. The maximum atomic E-state index is 12.2. The van der Waals surface area contributed by atoms with Gasteiger partial charge in [-0.1, -0.05) is 12.1 Å². The van der Waals surface area contributed by atoms with Gasteiger partial charge in [-0.3, -0.25) is 4.79 Å². The molecule has 2 N–H and O–H groups in total. The Bertz CT molecular complexity index is 436. The number of carbonyl (C=O) groups excluding carboxylic acids is 1. The molecule has 0 saturated heterocycles. The summed E-state index contributed by atoms with van der Waals surface area (Å²) in [6, 6.07) is 5.51. The van der Waals surface area contributed by atoms with Crippen molar-refractivity contribution in [1.29, 1.82) is 0 Å². The van der Waals surface area contributed by atoms with Crippen molar-refractivity contribution in [2.24, 2.45) is 0 Å². The standard InChI is InChI=1S/C12H14FNO4/c1-8-3-2-4-9(5-8)18-7-11(15)14-10(6-13)12(16)17/h2-5,10H,6-7H2,1H3,(H,14,15)(H,16,17). The molecule has 0 aliphatic heterocycles. The molecule has 6 heteroatoms. The summed E-state index contributed by atoms with van der Waals surface area (Å²) in [7, 11) is 0. The molecule has 0 fully saturated rings. The van der Waals surface area contributed by atoms with Gasteiger partial charge in [0.25, 0.3) is 5.91 Å². The predicted molar refractivity (Wildman–Crippen MR) is 62.2 cm³/mol. The molecular formula is C12H14FNO4. The first kappa shape index (κ1) is 14.0. The van der Waals surface area contributed by atoms with Crippen LogP contribution in [-0.4, -0.2) is 36.3 Å². The van der Waals surface area contributed by atoms with Gasteiger partial charge in [0, 0.05) is 0 Å². The monoisotopic (exact) mass is 255 g/mol. The number of carbonyl (C=O) groups is 2. The van der Waals surface area contributed by atoms with Crippen LogP contribution in [0, 0.1) is 6.92 Å². The van der Waals surface area contributed by atoms with E-state index in [0.29, 0.717) is 5.75 Å². The molecule has 0 aliphatic carbocycles. The molecule has 0 heterocycles. The third-order valence-corrected chi connectivity index (χ3v) is 2.15. The molecule has 0 bridgehead atoms. The number of ether oxygens (including phenoxy) is 1. The number of rotatable bonds is 6. The molecule has 1 rings (SSSR count). The lowest BCUT2D eigenvalue weighted by molar-refractivity contribution is -0.142.